The maximum atomic E-state index is 14.1. The Hall–Kier alpha value is -2.76. The van der Waals surface area contributed by atoms with E-state index in [9.17, 15) is 14.4 Å². The van der Waals surface area contributed by atoms with Crippen LogP contribution >= 0.6 is 0 Å². The van der Waals surface area contributed by atoms with Crippen molar-refractivity contribution in [2.24, 2.45) is 5.73 Å². The van der Waals surface area contributed by atoms with Crippen LogP contribution in [-0.4, -0.2) is 126 Å². The highest BCUT2D eigenvalue weighted by atomic mass is 16.2. The molecule has 0 spiro atoms. The molecule has 11 heteroatoms. The van der Waals surface area contributed by atoms with Gasteiger partial charge in [0.1, 0.15) is 6.04 Å². The zero-order valence-electron chi connectivity index (χ0n) is 32.3. The second-order valence-electron chi connectivity index (χ2n) is 14.9. The maximum absolute atomic E-state index is 14.1. The number of aromatic amines is 1. The normalized spacial score (nSPS) is 16.9. The van der Waals surface area contributed by atoms with Crippen LogP contribution in [-0.2, 0) is 20.8 Å². The topological polar surface area (TPSA) is 131 Å². The van der Waals surface area contributed by atoms with E-state index < -0.39 is 12.1 Å². The number of nitrogens with zero attached hydrogens (tertiary/aromatic N) is 5. The van der Waals surface area contributed by atoms with Gasteiger partial charge in [-0.2, -0.15) is 0 Å². The van der Waals surface area contributed by atoms with Crippen LogP contribution in [0, 0.1) is 0 Å². The van der Waals surface area contributed by atoms with Gasteiger partial charge in [0.15, 0.2) is 0 Å². The fraction of sp³-hybridized carbons (Fsp3) is 0.795. The number of carbonyl (C=O) groups excluding carboxylic acids is 3. The minimum Gasteiger partial charge on any atom is -0.351 e. The third-order valence-electron chi connectivity index (χ3n) is 9.59. The average Bonchev–Trinajstić information content (AvgIpc) is 3.75. The van der Waals surface area contributed by atoms with Crippen LogP contribution in [0.1, 0.15) is 122 Å². The monoisotopic (exact) mass is 701 g/mol. The molecular formula is C39H72N8O3. The predicted molar refractivity (Wildman–Crippen MR) is 205 cm³/mol. The Balaban J connectivity index is 1.86. The molecule has 1 aliphatic rings. The molecule has 1 unspecified atom stereocenters. The molecule has 1 saturated heterocycles. The van der Waals surface area contributed by atoms with Gasteiger partial charge >= 0.3 is 0 Å². The Morgan fingerprint density at radius 1 is 0.880 bits per heavy atom. The van der Waals surface area contributed by atoms with Crippen molar-refractivity contribution in [3.05, 3.63) is 30.4 Å². The van der Waals surface area contributed by atoms with Gasteiger partial charge in [0.25, 0.3) is 0 Å². The standard InChI is InChI=1S/C39H72N8O3/c1-6-7-8-9-10-11-12-13-14-15-16-17-18-19-20-23-37(48)43-34-29-36(47(31-34)38(49)35(40)28-33-30-41-32-42-33)39(50)46(26-21-24-44(2)3)27-22-25-45(4)5/h13-14,30,32,34-36H,6-12,15-29,31,40H2,1-5H3,(H,41,42)(H,43,48)/b14-13-/t34-,35?,36-/m0/s1. The number of carbonyl (C=O) groups is 3. The Morgan fingerprint density at radius 3 is 2.02 bits per heavy atom. The molecule has 1 aromatic heterocycles. The minimum atomic E-state index is -0.813. The van der Waals surface area contributed by atoms with Crippen LogP contribution in [0.5, 0.6) is 0 Å². The molecule has 2 heterocycles. The van der Waals surface area contributed by atoms with E-state index in [-0.39, 0.29) is 30.3 Å². The number of nitrogens with one attached hydrogen (secondary N) is 2. The summed E-state index contributed by atoms with van der Waals surface area (Å²) < 4.78 is 0. The van der Waals surface area contributed by atoms with Gasteiger partial charge in [0.2, 0.25) is 17.7 Å². The molecule has 1 aromatic rings. The number of hydrogen-bond acceptors (Lipinski definition) is 7. The van der Waals surface area contributed by atoms with E-state index in [1.54, 1.807) is 17.4 Å². The lowest BCUT2D eigenvalue weighted by Crippen LogP contribution is -2.53. The third kappa shape index (κ3) is 18.5. The van der Waals surface area contributed by atoms with Crippen LogP contribution in [0.15, 0.2) is 24.7 Å². The van der Waals surface area contributed by atoms with Crippen LogP contribution in [0.4, 0.5) is 0 Å². The van der Waals surface area contributed by atoms with Crippen molar-refractivity contribution in [3.8, 4) is 0 Å². The van der Waals surface area contributed by atoms with E-state index in [0.29, 0.717) is 32.4 Å². The fourth-order valence-corrected chi connectivity index (χ4v) is 6.71. The number of H-pyrrole nitrogens is 1. The minimum absolute atomic E-state index is 0.0105. The molecule has 0 radical (unpaired) electrons. The van der Waals surface area contributed by atoms with Gasteiger partial charge in [-0.15, -0.1) is 0 Å². The number of aromatic nitrogens is 2. The summed E-state index contributed by atoms with van der Waals surface area (Å²) in [5, 5.41) is 3.15. The van der Waals surface area contributed by atoms with Crippen LogP contribution < -0.4 is 11.1 Å². The van der Waals surface area contributed by atoms with E-state index in [4.69, 9.17) is 5.73 Å². The summed E-state index contributed by atoms with van der Waals surface area (Å²) in [6.07, 6.45) is 26.6. The van der Waals surface area contributed by atoms with Crippen molar-refractivity contribution in [2.45, 2.75) is 141 Å². The van der Waals surface area contributed by atoms with E-state index in [0.717, 1.165) is 57.3 Å². The first-order chi connectivity index (χ1) is 24.1. The van der Waals surface area contributed by atoms with Crippen molar-refractivity contribution < 1.29 is 14.4 Å². The van der Waals surface area contributed by atoms with Gasteiger partial charge in [0, 0.05) is 50.4 Å². The first-order valence-corrected chi connectivity index (χ1v) is 19.7. The summed E-state index contributed by atoms with van der Waals surface area (Å²) in [4.78, 5) is 55.7. The molecule has 11 nitrogen and oxygen atoms in total. The summed E-state index contributed by atoms with van der Waals surface area (Å²) in [7, 11) is 8.11. The summed E-state index contributed by atoms with van der Waals surface area (Å²) in [6, 6.07) is -1.75. The molecule has 0 aromatic carbocycles. The first kappa shape index (κ1) is 43.4. The summed E-state index contributed by atoms with van der Waals surface area (Å²) >= 11 is 0. The molecule has 1 aliphatic heterocycles. The van der Waals surface area contributed by atoms with E-state index in [1.165, 1.54) is 57.8 Å². The van der Waals surface area contributed by atoms with Gasteiger partial charge < -0.3 is 35.6 Å². The van der Waals surface area contributed by atoms with Crippen molar-refractivity contribution in [1.29, 1.82) is 0 Å². The lowest BCUT2D eigenvalue weighted by atomic mass is 10.1. The second-order valence-corrected chi connectivity index (χ2v) is 14.9. The van der Waals surface area contributed by atoms with Crippen molar-refractivity contribution >= 4 is 17.7 Å². The highest BCUT2D eigenvalue weighted by Crippen LogP contribution is 2.23. The molecular weight excluding hydrogens is 628 g/mol. The number of likely N-dealkylation sites (tertiary alicyclic amines) is 1. The Labute approximate surface area is 304 Å². The quantitative estimate of drug-likeness (QED) is 0.0816. The van der Waals surface area contributed by atoms with Crippen molar-refractivity contribution in [1.82, 2.24) is 34.9 Å². The number of amides is 3. The lowest BCUT2D eigenvalue weighted by Gasteiger charge is -2.32. The van der Waals surface area contributed by atoms with Gasteiger partial charge in [-0.25, -0.2) is 4.98 Å². The molecule has 3 amide bonds. The predicted octanol–water partition coefficient (Wildman–Crippen LogP) is 5.13. The lowest BCUT2D eigenvalue weighted by molar-refractivity contribution is -0.144. The van der Waals surface area contributed by atoms with Gasteiger partial charge in [-0.3, -0.25) is 14.4 Å². The SMILES string of the molecule is CCCCCCCC/C=C\CCCCCCCC(=O)N[C@H]1C[C@@H](C(=O)N(CCCN(C)C)CCCN(C)C)N(C(=O)C(N)Cc2cnc[nH]2)C1. The van der Waals surface area contributed by atoms with E-state index in [2.05, 4.69) is 44.2 Å². The van der Waals surface area contributed by atoms with Gasteiger partial charge in [-0.1, -0.05) is 70.4 Å². The molecule has 4 N–H and O–H groups in total. The number of unbranched alkanes of at least 4 members (excludes halogenated alkanes) is 11. The molecule has 50 heavy (non-hydrogen) atoms. The largest absolute Gasteiger partial charge is 0.351 e. The van der Waals surface area contributed by atoms with E-state index in [1.807, 2.05) is 33.1 Å². The number of hydrogen-bond donors (Lipinski definition) is 3. The zero-order valence-corrected chi connectivity index (χ0v) is 32.3. The smallest absolute Gasteiger partial charge is 0.245 e. The van der Waals surface area contributed by atoms with Crippen molar-refractivity contribution in [3.63, 3.8) is 0 Å². The third-order valence-corrected chi connectivity index (χ3v) is 9.59. The van der Waals surface area contributed by atoms with Crippen molar-refractivity contribution in [2.75, 3.05) is 60.9 Å². The highest BCUT2D eigenvalue weighted by molar-refractivity contribution is 5.91. The van der Waals surface area contributed by atoms with E-state index >= 15 is 0 Å². The summed E-state index contributed by atoms with van der Waals surface area (Å²) in [5.41, 5.74) is 7.17. The number of imidazole rings is 1. The van der Waals surface area contributed by atoms with Gasteiger partial charge in [0.05, 0.1) is 12.4 Å². The zero-order chi connectivity index (χ0) is 36.6. The average molecular weight is 701 g/mol. The molecule has 286 valence electrons. The maximum Gasteiger partial charge on any atom is 0.245 e. The summed E-state index contributed by atoms with van der Waals surface area (Å²) in [5.74, 6) is -0.337. The van der Waals surface area contributed by atoms with Crippen LogP contribution in [0.25, 0.3) is 0 Å². The number of rotatable bonds is 28. The van der Waals surface area contributed by atoms with Gasteiger partial charge in [-0.05, 0) is 92.6 Å². The number of allylic oxidation sites excluding steroid dienone is 2. The molecule has 0 saturated carbocycles. The number of nitrogens with two attached hydrogens (primary N) is 1. The Bertz CT molecular complexity index is 1060. The van der Waals surface area contributed by atoms with Crippen LogP contribution in [0.2, 0.25) is 0 Å². The molecule has 0 aliphatic carbocycles. The molecule has 0 bridgehead atoms. The molecule has 1 fully saturated rings. The molecule has 3 atom stereocenters. The second kappa shape index (κ2) is 26.1. The first-order valence-electron chi connectivity index (χ1n) is 19.7. The highest BCUT2D eigenvalue weighted by Gasteiger charge is 2.43. The Morgan fingerprint density at radius 2 is 1.46 bits per heavy atom. The summed E-state index contributed by atoms with van der Waals surface area (Å²) in [6.45, 7) is 5.53. The molecule has 2 rings (SSSR count). The fourth-order valence-electron chi connectivity index (χ4n) is 6.71. The Kier molecular flexibility index (Phi) is 22.6. The van der Waals surface area contributed by atoms with Crippen LogP contribution in [0.3, 0.4) is 0 Å².